The van der Waals surface area contributed by atoms with Crippen molar-refractivity contribution in [2.24, 2.45) is 5.73 Å². The van der Waals surface area contributed by atoms with Gasteiger partial charge in [-0.3, -0.25) is 0 Å². The highest BCUT2D eigenvalue weighted by Crippen LogP contribution is 2.39. The molecule has 1 aliphatic rings. The van der Waals surface area contributed by atoms with Crippen LogP contribution in [0, 0.1) is 0 Å². The van der Waals surface area contributed by atoms with Crippen molar-refractivity contribution in [3.63, 3.8) is 0 Å². The summed E-state index contributed by atoms with van der Waals surface area (Å²) >= 11 is 0. The second kappa shape index (κ2) is 7.03. The van der Waals surface area contributed by atoms with E-state index in [0.717, 1.165) is 48.7 Å². The smallest absolute Gasteiger partial charge is 0.259 e. The summed E-state index contributed by atoms with van der Waals surface area (Å²) < 4.78 is 16.6. The molecule has 1 saturated carbocycles. The number of nitrogens with zero attached hydrogens (tertiary/aromatic N) is 4. The monoisotopic (exact) mass is 401 g/mol. The van der Waals surface area contributed by atoms with Gasteiger partial charge in [-0.1, -0.05) is 23.7 Å². The second-order valence-electron chi connectivity index (χ2n) is 7.02. The molecule has 5 rings (SSSR count). The van der Waals surface area contributed by atoms with Crippen molar-refractivity contribution in [1.29, 1.82) is 0 Å². The number of rotatable bonds is 5. The Morgan fingerprint density at radius 3 is 2.71 bits per heavy atom. The minimum atomic E-state index is -0.487. The van der Waals surface area contributed by atoms with Crippen LogP contribution in [-0.4, -0.2) is 20.3 Å². The van der Waals surface area contributed by atoms with E-state index >= 15 is 0 Å². The first-order valence-corrected chi connectivity index (χ1v) is 9.14. The number of hydrogen-bond acceptors (Lipinski definition) is 8. The topological polar surface area (TPSA) is 117 Å². The molecule has 0 unspecified atom stereocenters. The van der Waals surface area contributed by atoms with Crippen LogP contribution in [0.5, 0.6) is 0 Å². The molecule has 0 bridgehead atoms. The van der Waals surface area contributed by atoms with Crippen LogP contribution in [0.4, 0.5) is 0 Å². The van der Waals surface area contributed by atoms with E-state index in [0.29, 0.717) is 28.9 Å². The lowest BCUT2D eigenvalue weighted by atomic mass is 9.77. The number of hydrogen-bond donors (Lipinski definition) is 1. The molecule has 9 heteroatoms. The van der Waals surface area contributed by atoms with Crippen LogP contribution in [0.25, 0.3) is 34.0 Å². The quantitative estimate of drug-likeness (QED) is 0.527. The van der Waals surface area contributed by atoms with Gasteiger partial charge in [0.25, 0.3) is 11.6 Å². The van der Waals surface area contributed by atoms with E-state index in [4.69, 9.17) is 19.2 Å². The zero-order valence-corrected chi connectivity index (χ0v) is 16.2. The number of aryl methyl sites for hydroxylation is 1. The summed E-state index contributed by atoms with van der Waals surface area (Å²) in [5.41, 5.74) is 8.46. The Bertz CT molecular complexity index is 1100. The van der Waals surface area contributed by atoms with Crippen LogP contribution in [-0.2, 0) is 12.0 Å². The van der Waals surface area contributed by atoms with Gasteiger partial charge in [-0.05, 0) is 43.9 Å². The highest BCUT2D eigenvalue weighted by molar-refractivity contribution is 5.93. The van der Waals surface area contributed by atoms with E-state index in [9.17, 15) is 0 Å². The predicted molar refractivity (Wildman–Crippen MR) is 104 cm³/mol. The molecular formula is C19H20ClN5O3. The van der Waals surface area contributed by atoms with Gasteiger partial charge in [-0.2, -0.15) is 4.98 Å². The Labute approximate surface area is 166 Å². The zero-order chi connectivity index (χ0) is 18.4. The third-order valence-electron chi connectivity index (χ3n) is 5.13. The molecule has 0 amide bonds. The van der Waals surface area contributed by atoms with Crippen LogP contribution in [0.1, 0.15) is 44.1 Å². The molecule has 8 nitrogen and oxygen atoms in total. The summed E-state index contributed by atoms with van der Waals surface area (Å²) in [6.07, 6.45) is 6.11. The third-order valence-corrected chi connectivity index (χ3v) is 5.13. The van der Waals surface area contributed by atoms with Crippen LogP contribution in [0.3, 0.4) is 0 Å². The molecule has 4 aromatic rings. The molecule has 2 N–H and O–H groups in total. The van der Waals surface area contributed by atoms with E-state index < -0.39 is 5.54 Å². The molecule has 0 saturated heterocycles. The lowest BCUT2D eigenvalue weighted by Gasteiger charge is -2.34. The van der Waals surface area contributed by atoms with Crippen molar-refractivity contribution in [2.45, 2.75) is 44.6 Å². The highest BCUT2D eigenvalue weighted by atomic mass is 35.5. The first-order valence-electron chi connectivity index (χ1n) is 9.14. The van der Waals surface area contributed by atoms with Crippen molar-refractivity contribution in [3.05, 3.63) is 36.0 Å². The standard InChI is InChI=1S/C19H19N5O3.ClH/c1-2-5-12-15-11(16-22-18(24-26-16)19(20)7-4-8-19)10-13(14-6-3-9-25-14)21-17(15)27-23-12;/h3,6,9-10H,2,4-5,7-8,20H2,1H3;1H. The minimum absolute atomic E-state index is 0. The van der Waals surface area contributed by atoms with Crippen LogP contribution in [0.2, 0.25) is 0 Å². The third kappa shape index (κ3) is 2.89. The Morgan fingerprint density at radius 1 is 1.18 bits per heavy atom. The van der Waals surface area contributed by atoms with E-state index in [-0.39, 0.29) is 12.4 Å². The normalized spacial score (nSPS) is 15.4. The van der Waals surface area contributed by atoms with Gasteiger partial charge in [0.1, 0.15) is 5.69 Å². The van der Waals surface area contributed by atoms with Crippen molar-refractivity contribution in [3.8, 4) is 22.9 Å². The molecule has 0 radical (unpaired) electrons. The Hall–Kier alpha value is -2.71. The Balaban J connectivity index is 0.00000192. The summed E-state index contributed by atoms with van der Waals surface area (Å²) in [7, 11) is 0. The highest BCUT2D eigenvalue weighted by Gasteiger charge is 2.39. The maximum atomic E-state index is 6.35. The Morgan fingerprint density at radius 2 is 2.04 bits per heavy atom. The molecule has 0 atom stereocenters. The fraction of sp³-hybridized carbons (Fsp3) is 0.368. The largest absolute Gasteiger partial charge is 0.463 e. The number of furan rings is 1. The number of pyridine rings is 1. The van der Waals surface area contributed by atoms with Crippen molar-refractivity contribution >= 4 is 23.5 Å². The number of nitrogens with two attached hydrogens (primary N) is 1. The van der Waals surface area contributed by atoms with Gasteiger partial charge in [-0.25, -0.2) is 4.98 Å². The molecular weight excluding hydrogens is 382 g/mol. The molecule has 146 valence electrons. The van der Waals surface area contributed by atoms with E-state index in [1.54, 1.807) is 6.26 Å². The van der Waals surface area contributed by atoms with Crippen molar-refractivity contribution in [1.82, 2.24) is 20.3 Å². The lowest BCUT2D eigenvalue weighted by Crippen LogP contribution is -2.44. The predicted octanol–water partition coefficient (Wildman–Crippen LogP) is 4.25. The number of fused-ring (bicyclic) bond motifs is 1. The fourth-order valence-corrected chi connectivity index (χ4v) is 3.45. The van der Waals surface area contributed by atoms with Gasteiger partial charge in [0, 0.05) is 0 Å². The van der Waals surface area contributed by atoms with E-state index in [1.807, 2.05) is 18.2 Å². The van der Waals surface area contributed by atoms with Crippen LogP contribution in [0.15, 0.2) is 37.9 Å². The summed E-state index contributed by atoms with van der Waals surface area (Å²) in [4.78, 5) is 9.15. The fourth-order valence-electron chi connectivity index (χ4n) is 3.45. The molecule has 4 aromatic heterocycles. The molecule has 1 fully saturated rings. The van der Waals surface area contributed by atoms with Gasteiger partial charge in [0.2, 0.25) is 0 Å². The summed E-state index contributed by atoms with van der Waals surface area (Å²) in [6, 6.07) is 5.52. The molecule has 0 aliphatic heterocycles. The average Bonchev–Trinajstić information content (AvgIpc) is 3.40. The van der Waals surface area contributed by atoms with Gasteiger partial charge in [0.05, 0.1) is 28.4 Å². The first kappa shape index (κ1) is 18.6. The molecule has 0 spiro atoms. The van der Waals surface area contributed by atoms with Crippen molar-refractivity contribution < 1.29 is 13.5 Å². The van der Waals surface area contributed by atoms with E-state index in [1.165, 1.54) is 0 Å². The maximum Gasteiger partial charge on any atom is 0.259 e. The van der Waals surface area contributed by atoms with Gasteiger partial charge in [0.15, 0.2) is 11.6 Å². The van der Waals surface area contributed by atoms with E-state index in [2.05, 4.69) is 27.2 Å². The zero-order valence-electron chi connectivity index (χ0n) is 15.3. The van der Waals surface area contributed by atoms with Crippen molar-refractivity contribution in [2.75, 3.05) is 0 Å². The van der Waals surface area contributed by atoms with Gasteiger partial charge in [-0.15, -0.1) is 12.4 Å². The molecule has 0 aromatic carbocycles. The molecule has 1 aliphatic carbocycles. The van der Waals surface area contributed by atoms with Crippen LogP contribution >= 0.6 is 12.4 Å². The summed E-state index contributed by atoms with van der Waals surface area (Å²) in [5.74, 6) is 1.56. The lowest BCUT2D eigenvalue weighted by molar-refractivity contribution is 0.229. The second-order valence-corrected chi connectivity index (χ2v) is 7.02. The maximum absolute atomic E-state index is 6.35. The van der Waals surface area contributed by atoms with Gasteiger partial charge < -0.3 is 19.2 Å². The molecule has 28 heavy (non-hydrogen) atoms. The average molecular weight is 402 g/mol. The van der Waals surface area contributed by atoms with Crippen LogP contribution < -0.4 is 5.73 Å². The van der Waals surface area contributed by atoms with Gasteiger partial charge >= 0.3 is 0 Å². The number of aromatic nitrogens is 4. The number of halogens is 1. The summed E-state index contributed by atoms with van der Waals surface area (Å²) in [6.45, 7) is 2.09. The summed E-state index contributed by atoms with van der Waals surface area (Å²) in [5, 5.41) is 9.13. The SMILES string of the molecule is CCCc1noc2nc(-c3ccco3)cc(-c3nc(C4(N)CCC4)no3)c12.Cl. The molecule has 4 heterocycles. The minimum Gasteiger partial charge on any atom is -0.463 e. The Kier molecular flexibility index (Phi) is 4.68. The first-order chi connectivity index (χ1) is 13.2.